The maximum Gasteiger partial charge on any atom is -0.0273 e. The standard InChI is InChI=1S/C24H42/c1-5-9-12-16-22-19-21(15-8-4)20-23(17-13-10-6-2)24(22)18-14-11-7-3/h19-20H,5-18H2,1-4H3. The molecule has 0 nitrogen and oxygen atoms in total. The van der Waals surface area contributed by atoms with Crippen molar-refractivity contribution in [1.29, 1.82) is 0 Å². The summed E-state index contributed by atoms with van der Waals surface area (Å²) in [7, 11) is 0. The number of unbranched alkanes of at least 4 members (excludes halogenated alkanes) is 6. The highest BCUT2D eigenvalue weighted by Crippen LogP contribution is 2.25. The van der Waals surface area contributed by atoms with E-state index in [4.69, 9.17) is 0 Å². The Morgan fingerprint density at radius 1 is 0.500 bits per heavy atom. The van der Waals surface area contributed by atoms with Crippen LogP contribution in [0, 0.1) is 0 Å². The second kappa shape index (κ2) is 13.5. The van der Waals surface area contributed by atoms with Crippen molar-refractivity contribution in [2.75, 3.05) is 0 Å². The van der Waals surface area contributed by atoms with Crippen molar-refractivity contribution in [3.63, 3.8) is 0 Å². The van der Waals surface area contributed by atoms with Crippen molar-refractivity contribution in [2.45, 2.75) is 118 Å². The van der Waals surface area contributed by atoms with Gasteiger partial charge in [-0.05, 0) is 67.2 Å². The van der Waals surface area contributed by atoms with E-state index in [1.807, 2.05) is 0 Å². The normalized spacial score (nSPS) is 11.2. The van der Waals surface area contributed by atoms with Crippen LogP contribution in [0.2, 0.25) is 0 Å². The molecule has 0 aliphatic rings. The second-order valence-electron chi connectivity index (χ2n) is 7.51. The van der Waals surface area contributed by atoms with E-state index in [0.29, 0.717) is 0 Å². The first kappa shape index (κ1) is 21.3. The summed E-state index contributed by atoms with van der Waals surface area (Å²) in [5.41, 5.74) is 6.71. The summed E-state index contributed by atoms with van der Waals surface area (Å²) in [6.07, 6.45) is 18.6. The zero-order valence-electron chi connectivity index (χ0n) is 17.1. The molecule has 0 aromatic heterocycles. The van der Waals surface area contributed by atoms with Crippen LogP contribution < -0.4 is 0 Å². The van der Waals surface area contributed by atoms with E-state index in [-0.39, 0.29) is 0 Å². The molecule has 24 heavy (non-hydrogen) atoms. The van der Waals surface area contributed by atoms with Crippen LogP contribution in [0.3, 0.4) is 0 Å². The Hall–Kier alpha value is -0.780. The van der Waals surface area contributed by atoms with Crippen molar-refractivity contribution >= 4 is 0 Å². The molecule has 0 fully saturated rings. The Labute approximate surface area is 152 Å². The first-order valence-corrected chi connectivity index (χ1v) is 10.9. The lowest BCUT2D eigenvalue weighted by atomic mass is 9.88. The van der Waals surface area contributed by atoms with Crippen LogP contribution in [0.1, 0.15) is 114 Å². The fourth-order valence-electron chi connectivity index (χ4n) is 3.75. The van der Waals surface area contributed by atoms with Gasteiger partial charge in [0.2, 0.25) is 0 Å². The highest BCUT2D eigenvalue weighted by molar-refractivity contribution is 5.40. The van der Waals surface area contributed by atoms with Gasteiger partial charge in [-0.1, -0.05) is 84.8 Å². The first-order chi connectivity index (χ1) is 11.8. The number of aryl methyl sites for hydroxylation is 3. The largest absolute Gasteiger partial charge is 0.0654 e. The highest BCUT2D eigenvalue weighted by atomic mass is 14.2. The molecule has 0 bridgehead atoms. The van der Waals surface area contributed by atoms with E-state index >= 15 is 0 Å². The third-order valence-electron chi connectivity index (χ3n) is 5.16. The lowest BCUT2D eigenvalue weighted by Crippen LogP contribution is -2.04. The smallest absolute Gasteiger partial charge is 0.0273 e. The molecule has 0 spiro atoms. The molecule has 0 aliphatic carbocycles. The van der Waals surface area contributed by atoms with E-state index in [2.05, 4.69) is 39.8 Å². The fourth-order valence-corrected chi connectivity index (χ4v) is 3.75. The zero-order valence-corrected chi connectivity index (χ0v) is 17.1. The SMILES string of the molecule is CCCCCc1cc(CCC)cc(CCCCC)c1CCCCC. The third kappa shape index (κ3) is 7.86. The van der Waals surface area contributed by atoms with Crippen LogP contribution in [-0.2, 0) is 25.7 Å². The van der Waals surface area contributed by atoms with E-state index in [1.165, 1.54) is 89.9 Å². The summed E-state index contributed by atoms with van der Waals surface area (Å²) < 4.78 is 0. The maximum absolute atomic E-state index is 2.56. The Morgan fingerprint density at radius 3 is 1.38 bits per heavy atom. The molecule has 1 aromatic carbocycles. The molecule has 0 N–H and O–H groups in total. The molecule has 138 valence electrons. The molecular formula is C24H42. The Kier molecular flexibility index (Phi) is 12.0. The molecule has 0 atom stereocenters. The first-order valence-electron chi connectivity index (χ1n) is 10.9. The van der Waals surface area contributed by atoms with E-state index in [0.717, 1.165) is 0 Å². The number of hydrogen-bond donors (Lipinski definition) is 0. The number of hydrogen-bond acceptors (Lipinski definition) is 0. The van der Waals surface area contributed by atoms with Gasteiger partial charge < -0.3 is 0 Å². The highest BCUT2D eigenvalue weighted by Gasteiger charge is 2.11. The van der Waals surface area contributed by atoms with Gasteiger partial charge in [0.1, 0.15) is 0 Å². The molecule has 0 amide bonds. The minimum Gasteiger partial charge on any atom is -0.0654 e. The molecular weight excluding hydrogens is 288 g/mol. The van der Waals surface area contributed by atoms with Crippen LogP contribution in [0.5, 0.6) is 0 Å². The van der Waals surface area contributed by atoms with Crippen LogP contribution in [0.4, 0.5) is 0 Å². The second-order valence-corrected chi connectivity index (χ2v) is 7.51. The fraction of sp³-hybridized carbons (Fsp3) is 0.750. The molecule has 0 aliphatic heterocycles. The van der Waals surface area contributed by atoms with Crippen LogP contribution >= 0.6 is 0 Å². The topological polar surface area (TPSA) is 0 Å². The van der Waals surface area contributed by atoms with Crippen molar-refractivity contribution in [2.24, 2.45) is 0 Å². The molecule has 1 aromatic rings. The van der Waals surface area contributed by atoms with Crippen LogP contribution in [0.15, 0.2) is 12.1 Å². The molecule has 0 heteroatoms. The predicted octanol–water partition coefficient (Wildman–Crippen LogP) is 7.84. The quantitative estimate of drug-likeness (QED) is 0.305. The summed E-state index contributed by atoms with van der Waals surface area (Å²) >= 11 is 0. The van der Waals surface area contributed by atoms with Crippen molar-refractivity contribution in [3.05, 3.63) is 34.4 Å². The van der Waals surface area contributed by atoms with Gasteiger partial charge in [-0.15, -0.1) is 0 Å². The number of benzene rings is 1. The average Bonchev–Trinajstić information content (AvgIpc) is 2.58. The lowest BCUT2D eigenvalue weighted by Gasteiger charge is -2.18. The van der Waals surface area contributed by atoms with Gasteiger partial charge in [-0.25, -0.2) is 0 Å². The van der Waals surface area contributed by atoms with E-state index in [1.54, 1.807) is 22.3 Å². The van der Waals surface area contributed by atoms with Crippen molar-refractivity contribution in [3.8, 4) is 0 Å². The van der Waals surface area contributed by atoms with Gasteiger partial charge >= 0.3 is 0 Å². The van der Waals surface area contributed by atoms with Gasteiger partial charge in [0, 0.05) is 0 Å². The summed E-state index contributed by atoms with van der Waals surface area (Å²) in [4.78, 5) is 0. The lowest BCUT2D eigenvalue weighted by molar-refractivity contribution is 0.676. The van der Waals surface area contributed by atoms with Crippen molar-refractivity contribution < 1.29 is 0 Å². The van der Waals surface area contributed by atoms with Crippen LogP contribution in [-0.4, -0.2) is 0 Å². The molecule has 1 rings (SSSR count). The zero-order chi connectivity index (χ0) is 17.6. The summed E-state index contributed by atoms with van der Waals surface area (Å²) in [6, 6.07) is 5.12. The minimum atomic E-state index is 1.25. The molecule has 0 heterocycles. The monoisotopic (exact) mass is 330 g/mol. The Balaban J connectivity index is 3.01. The predicted molar refractivity (Wildman–Crippen MR) is 110 cm³/mol. The van der Waals surface area contributed by atoms with Gasteiger partial charge in [0.15, 0.2) is 0 Å². The average molecular weight is 331 g/mol. The van der Waals surface area contributed by atoms with Gasteiger partial charge in [0.25, 0.3) is 0 Å². The molecule has 0 saturated carbocycles. The minimum absolute atomic E-state index is 1.25. The van der Waals surface area contributed by atoms with Gasteiger partial charge in [-0.2, -0.15) is 0 Å². The van der Waals surface area contributed by atoms with Crippen molar-refractivity contribution in [1.82, 2.24) is 0 Å². The summed E-state index contributed by atoms with van der Waals surface area (Å²) in [6.45, 7) is 9.25. The molecule has 0 radical (unpaired) electrons. The summed E-state index contributed by atoms with van der Waals surface area (Å²) in [5.74, 6) is 0. The Morgan fingerprint density at radius 2 is 0.958 bits per heavy atom. The van der Waals surface area contributed by atoms with E-state index in [9.17, 15) is 0 Å². The van der Waals surface area contributed by atoms with Gasteiger partial charge in [0.05, 0.1) is 0 Å². The third-order valence-corrected chi connectivity index (χ3v) is 5.16. The maximum atomic E-state index is 2.56. The number of rotatable bonds is 14. The molecule has 0 unspecified atom stereocenters. The summed E-state index contributed by atoms with van der Waals surface area (Å²) in [5, 5.41) is 0. The molecule has 0 saturated heterocycles. The Bertz CT molecular complexity index is 399. The van der Waals surface area contributed by atoms with Crippen LogP contribution in [0.25, 0.3) is 0 Å². The van der Waals surface area contributed by atoms with Gasteiger partial charge in [-0.3, -0.25) is 0 Å². The van der Waals surface area contributed by atoms with E-state index < -0.39 is 0 Å².